The van der Waals surface area contributed by atoms with E-state index in [-0.39, 0.29) is 43.2 Å². The van der Waals surface area contributed by atoms with Crippen molar-refractivity contribution >= 4 is 35.3 Å². The molecule has 0 aromatic heterocycles. The van der Waals surface area contributed by atoms with Gasteiger partial charge in [-0.3, -0.25) is 33.8 Å². The molecule has 3 aliphatic rings. The first-order chi connectivity index (χ1) is 14.9. The molecule has 3 aliphatic heterocycles. The summed E-state index contributed by atoms with van der Waals surface area (Å²) in [5.41, 5.74) is 0.956. The quantitative estimate of drug-likeness (QED) is 0.484. The van der Waals surface area contributed by atoms with Crippen LogP contribution in [0.1, 0.15) is 46.4 Å². The summed E-state index contributed by atoms with van der Waals surface area (Å²) in [6.07, 6.45) is 1.66. The molecule has 4 rings (SSSR count). The topological polar surface area (TPSA) is 125 Å². The monoisotopic (exact) mass is 428 g/mol. The van der Waals surface area contributed by atoms with Gasteiger partial charge in [-0.25, -0.2) is 0 Å². The minimum absolute atomic E-state index is 0.0147. The molecule has 0 radical (unpaired) electrons. The van der Waals surface area contributed by atoms with Crippen molar-refractivity contribution in [3.63, 3.8) is 0 Å². The third-order valence-electron chi connectivity index (χ3n) is 5.92. The number of piperidine rings is 1. The second-order valence-corrected chi connectivity index (χ2v) is 7.71. The number of nitrogens with zero attached hydrogens (tertiary/aromatic N) is 2. The first-order valence-electron chi connectivity index (χ1n) is 10.4. The Bertz CT molecular complexity index is 955. The third-order valence-corrected chi connectivity index (χ3v) is 5.92. The number of fused-ring (bicyclic) bond motifs is 1. The Kier molecular flexibility index (Phi) is 5.73. The first kappa shape index (κ1) is 21.0. The second kappa shape index (κ2) is 8.46. The molecule has 2 saturated heterocycles. The van der Waals surface area contributed by atoms with Gasteiger partial charge in [0.25, 0.3) is 17.7 Å². The van der Waals surface area contributed by atoms with Crippen LogP contribution in [0.2, 0.25) is 0 Å². The molecule has 0 spiro atoms. The maximum absolute atomic E-state index is 13.0. The van der Waals surface area contributed by atoms with E-state index in [2.05, 4.69) is 10.6 Å². The molecular weight excluding hydrogens is 404 g/mol. The standard InChI is InChI=1S/C21H24N4O6/c1-22-13-5-2-4-12-17(13)20(29)25(18(12)27)15-7-8-16(26)24(19(15)28)10-11-31-21(30)14-6-3-9-23-14/h2,4-5,14-15,22-23H,3,6-11H2,1H3/t14-,15?/m0/s1. The molecule has 0 aliphatic carbocycles. The number of nitrogens with one attached hydrogen (secondary N) is 2. The lowest BCUT2D eigenvalue weighted by atomic mass is 10.0. The SMILES string of the molecule is CNc1cccc2c1C(=O)N(C1CCC(=O)N(CCOC(=O)[C@@H]3CCCN3)C1=O)C2=O. The summed E-state index contributed by atoms with van der Waals surface area (Å²) in [5.74, 6) is -2.57. The lowest BCUT2D eigenvalue weighted by Crippen LogP contribution is -2.56. The van der Waals surface area contributed by atoms with Crippen LogP contribution in [0.3, 0.4) is 0 Å². The van der Waals surface area contributed by atoms with Crippen LogP contribution in [0.15, 0.2) is 18.2 Å². The highest BCUT2D eigenvalue weighted by Gasteiger charge is 2.47. The summed E-state index contributed by atoms with van der Waals surface area (Å²) in [7, 11) is 1.64. The predicted octanol–water partition coefficient (Wildman–Crippen LogP) is 0.137. The fraction of sp³-hybridized carbons (Fsp3) is 0.476. The van der Waals surface area contributed by atoms with E-state index in [1.54, 1.807) is 25.2 Å². The molecule has 10 nitrogen and oxygen atoms in total. The van der Waals surface area contributed by atoms with Crippen LogP contribution in [0.25, 0.3) is 0 Å². The zero-order valence-corrected chi connectivity index (χ0v) is 17.2. The highest BCUT2D eigenvalue weighted by Crippen LogP contribution is 2.33. The van der Waals surface area contributed by atoms with Gasteiger partial charge < -0.3 is 15.4 Å². The highest BCUT2D eigenvalue weighted by molar-refractivity contribution is 6.25. The number of amides is 4. The molecule has 164 valence electrons. The van der Waals surface area contributed by atoms with Gasteiger partial charge in [-0.05, 0) is 37.9 Å². The molecule has 1 aromatic rings. The van der Waals surface area contributed by atoms with E-state index in [0.717, 1.165) is 22.8 Å². The number of anilines is 1. The van der Waals surface area contributed by atoms with E-state index in [4.69, 9.17) is 4.74 Å². The molecule has 31 heavy (non-hydrogen) atoms. The van der Waals surface area contributed by atoms with Crippen LogP contribution in [0.4, 0.5) is 5.69 Å². The summed E-state index contributed by atoms with van der Waals surface area (Å²) in [6.45, 7) is 0.505. The number of carbonyl (C=O) groups excluding carboxylic acids is 5. The summed E-state index contributed by atoms with van der Waals surface area (Å²) in [6, 6.07) is 3.45. The molecule has 1 aromatic carbocycles. The van der Waals surface area contributed by atoms with Gasteiger partial charge >= 0.3 is 5.97 Å². The first-order valence-corrected chi connectivity index (χ1v) is 10.4. The van der Waals surface area contributed by atoms with Crippen molar-refractivity contribution in [2.75, 3.05) is 32.1 Å². The number of ether oxygens (including phenoxy) is 1. The maximum Gasteiger partial charge on any atom is 0.323 e. The lowest BCUT2D eigenvalue weighted by Gasteiger charge is -2.34. The number of benzene rings is 1. The molecule has 3 heterocycles. The number of likely N-dealkylation sites (tertiary alicyclic amines) is 1. The fourth-order valence-corrected chi connectivity index (χ4v) is 4.31. The van der Waals surface area contributed by atoms with Crippen LogP contribution in [0, 0.1) is 0 Å². The Hall–Kier alpha value is -3.27. The van der Waals surface area contributed by atoms with Gasteiger partial charge in [0.05, 0.1) is 17.7 Å². The van der Waals surface area contributed by atoms with Crippen LogP contribution in [-0.4, -0.2) is 78.2 Å². The van der Waals surface area contributed by atoms with Crippen molar-refractivity contribution in [3.8, 4) is 0 Å². The average molecular weight is 428 g/mol. The lowest BCUT2D eigenvalue weighted by molar-refractivity contribution is -0.156. The van der Waals surface area contributed by atoms with E-state index in [1.165, 1.54) is 0 Å². The Morgan fingerprint density at radius 3 is 2.71 bits per heavy atom. The van der Waals surface area contributed by atoms with Gasteiger partial charge in [-0.1, -0.05) is 6.07 Å². The van der Waals surface area contributed by atoms with E-state index >= 15 is 0 Å². The summed E-state index contributed by atoms with van der Waals surface area (Å²) in [5, 5.41) is 5.91. The largest absolute Gasteiger partial charge is 0.463 e. The van der Waals surface area contributed by atoms with Gasteiger partial charge in [0.1, 0.15) is 18.7 Å². The van der Waals surface area contributed by atoms with Crippen LogP contribution in [0.5, 0.6) is 0 Å². The minimum atomic E-state index is -1.07. The van der Waals surface area contributed by atoms with Gasteiger partial charge in [-0.2, -0.15) is 0 Å². The molecule has 0 saturated carbocycles. The van der Waals surface area contributed by atoms with Crippen LogP contribution >= 0.6 is 0 Å². The van der Waals surface area contributed by atoms with E-state index in [1.807, 2.05) is 0 Å². The van der Waals surface area contributed by atoms with Crippen LogP contribution in [-0.2, 0) is 19.1 Å². The highest BCUT2D eigenvalue weighted by atomic mass is 16.5. The van der Waals surface area contributed by atoms with E-state index in [9.17, 15) is 24.0 Å². The number of rotatable bonds is 6. The Morgan fingerprint density at radius 2 is 2.00 bits per heavy atom. The fourth-order valence-electron chi connectivity index (χ4n) is 4.31. The molecular formula is C21H24N4O6. The number of imide groups is 2. The van der Waals surface area contributed by atoms with Crippen molar-refractivity contribution in [1.82, 2.24) is 15.1 Å². The van der Waals surface area contributed by atoms with Gasteiger partial charge in [0.15, 0.2) is 0 Å². The molecule has 10 heteroatoms. The van der Waals surface area contributed by atoms with Gasteiger partial charge in [-0.15, -0.1) is 0 Å². The molecule has 2 fully saturated rings. The van der Waals surface area contributed by atoms with E-state index < -0.39 is 35.6 Å². The number of carbonyl (C=O) groups is 5. The smallest absolute Gasteiger partial charge is 0.323 e. The normalized spacial score (nSPS) is 23.4. The van der Waals surface area contributed by atoms with Crippen molar-refractivity contribution < 1.29 is 28.7 Å². The minimum Gasteiger partial charge on any atom is -0.463 e. The number of hydrogen-bond donors (Lipinski definition) is 2. The second-order valence-electron chi connectivity index (χ2n) is 7.71. The summed E-state index contributed by atoms with van der Waals surface area (Å²) >= 11 is 0. The van der Waals surface area contributed by atoms with Gasteiger partial charge in [0, 0.05) is 19.2 Å². The summed E-state index contributed by atoms with van der Waals surface area (Å²) in [4.78, 5) is 65.2. The Labute approximate surface area is 178 Å². The predicted molar refractivity (Wildman–Crippen MR) is 108 cm³/mol. The molecule has 4 amide bonds. The van der Waals surface area contributed by atoms with Crippen molar-refractivity contribution in [3.05, 3.63) is 29.3 Å². The molecule has 0 bridgehead atoms. The zero-order chi connectivity index (χ0) is 22.1. The molecule has 1 unspecified atom stereocenters. The van der Waals surface area contributed by atoms with Crippen molar-refractivity contribution in [2.45, 2.75) is 37.8 Å². The van der Waals surface area contributed by atoms with Gasteiger partial charge in [0.2, 0.25) is 5.91 Å². The van der Waals surface area contributed by atoms with E-state index in [0.29, 0.717) is 12.1 Å². The van der Waals surface area contributed by atoms with Crippen molar-refractivity contribution in [1.29, 1.82) is 0 Å². The average Bonchev–Trinajstić information content (AvgIpc) is 3.39. The number of hydrogen-bond acceptors (Lipinski definition) is 8. The van der Waals surface area contributed by atoms with Crippen LogP contribution < -0.4 is 10.6 Å². The maximum atomic E-state index is 13.0. The van der Waals surface area contributed by atoms with Crippen molar-refractivity contribution in [2.24, 2.45) is 0 Å². The Balaban J connectivity index is 1.45. The number of esters is 1. The molecule has 2 atom stereocenters. The summed E-state index contributed by atoms with van der Waals surface area (Å²) < 4.78 is 5.21. The molecule has 2 N–H and O–H groups in total. The third kappa shape index (κ3) is 3.67. The zero-order valence-electron chi connectivity index (χ0n) is 17.2. The Morgan fingerprint density at radius 1 is 1.19 bits per heavy atom.